The smallest absolute Gasteiger partial charge is 0.317 e. The van der Waals surface area contributed by atoms with E-state index in [4.69, 9.17) is 19.6 Å². The van der Waals surface area contributed by atoms with Gasteiger partial charge in [-0.2, -0.15) is 0 Å². The van der Waals surface area contributed by atoms with E-state index < -0.39 is 6.17 Å². The van der Waals surface area contributed by atoms with Crippen molar-refractivity contribution in [3.8, 4) is 0 Å². The summed E-state index contributed by atoms with van der Waals surface area (Å²) >= 11 is 0. The number of para-hydroxylation sites is 1. The Labute approximate surface area is 220 Å². The molecule has 1 atom stereocenters. The van der Waals surface area contributed by atoms with Crippen LogP contribution in [0.2, 0.25) is 0 Å². The second kappa shape index (κ2) is 11.3. The van der Waals surface area contributed by atoms with E-state index >= 15 is 0 Å². The lowest BCUT2D eigenvalue weighted by Crippen LogP contribution is -2.41. The van der Waals surface area contributed by atoms with Crippen LogP contribution < -0.4 is 16.0 Å². The highest BCUT2D eigenvalue weighted by Crippen LogP contribution is 2.25. The molecule has 2 aromatic carbocycles. The molecule has 1 aromatic heterocycles. The molecule has 1 saturated heterocycles. The molecule has 0 radical (unpaired) electrons. The molecule has 3 heterocycles. The Morgan fingerprint density at radius 1 is 1.11 bits per heavy atom. The van der Waals surface area contributed by atoms with Crippen molar-refractivity contribution in [3.63, 3.8) is 0 Å². The number of rotatable bonds is 7. The summed E-state index contributed by atoms with van der Waals surface area (Å²) in [5.41, 5.74) is 3.46. The minimum atomic E-state index is -1.02. The highest BCUT2D eigenvalue weighted by molar-refractivity contribution is 6.20. The first-order chi connectivity index (χ1) is 18.5. The van der Waals surface area contributed by atoms with Crippen LogP contribution >= 0.6 is 0 Å². The van der Waals surface area contributed by atoms with Crippen LogP contribution in [0, 0.1) is 5.41 Å². The number of nitrogens with one attached hydrogen (secondary N) is 4. The van der Waals surface area contributed by atoms with E-state index in [9.17, 15) is 4.79 Å². The Bertz CT molecular complexity index is 1360. The zero-order valence-corrected chi connectivity index (χ0v) is 21.3. The standard InChI is InChI=1S/C27H30N8O3/c1-17(2)29-16-20(23(28)35-12-14-37-15-13-35)26-33-34-27(38-26)32-24-25(36)30-21-11-7-6-10-19(21)22(31-24)18-8-4-3-5-9-18/h3-11,16-17,24,28-29H,12-15H2,1-2H3,(H,30,36)(H,32,34)/b20-16+,28-23?. The number of benzodiazepines with no additional fused rings is 1. The van der Waals surface area contributed by atoms with E-state index in [1.165, 1.54) is 0 Å². The van der Waals surface area contributed by atoms with Crippen LogP contribution in [0.25, 0.3) is 5.57 Å². The Balaban J connectivity index is 1.44. The van der Waals surface area contributed by atoms with Gasteiger partial charge < -0.3 is 30.0 Å². The first-order valence-electron chi connectivity index (χ1n) is 12.5. The summed E-state index contributed by atoms with van der Waals surface area (Å²) in [5, 5.41) is 26.2. The van der Waals surface area contributed by atoms with Gasteiger partial charge in [0.1, 0.15) is 5.84 Å². The number of hydrogen-bond acceptors (Lipinski definition) is 9. The van der Waals surface area contributed by atoms with E-state index in [-0.39, 0.29) is 29.7 Å². The summed E-state index contributed by atoms with van der Waals surface area (Å²) in [4.78, 5) is 19.8. The molecule has 3 aromatic rings. The molecular weight excluding hydrogens is 484 g/mol. The Kier molecular flexibility index (Phi) is 7.45. The largest absolute Gasteiger partial charge is 0.403 e. The Morgan fingerprint density at radius 3 is 2.61 bits per heavy atom. The van der Waals surface area contributed by atoms with Crippen molar-refractivity contribution in [1.82, 2.24) is 20.4 Å². The molecule has 1 fully saturated rings. The summed E-state index contributed by atoms with van der Waals surface area (Å²) in [6.45, 7) is 6.28. The van der Waals surface area contributed by atoms with Crippen molar-refractivity contribution in [3.05, 3.63) is 77.8 Å². The van der Waals surface area contributed by atoms with Crippen LogP contribution in [0.5, 0.6) is 0 Å². The first-order valence-corrected chi connectivity index (χ1v) is 12.5. The molecule has 11 nitrogen and oxygen atoms in total. The average molecular weight is 515 g/mol. The van der Waals surface area contributed by atoms with Gasteiger partial charge >= 0.3 is 6.01 Å². The number of amidine groups is 1. The third kappa shape index (κ3) is 5.57. The predicted molar refractivity (Wildman–Crippen MR) is 145 cm³/mol. The second-order valence-corrected chi connectivity index (χ2v) is 9.17. The summed E-state index contributed by atoms with van der Waals surface area (Å²) < 4.78 is 11.3. The van der Waals surface area contributed by atoms with Gasteiger partial charge in [0, 0.05) is 36.5 Å². The lowest BCUT2D eigenvalue weighted by atomic mass is 10.0. The number of fused-ring (bicyclic) bond motifs is 1. The molecule has 0 aliphatic carbocycles. The van der Waals surface area contributed by atoms with Crippen molar-refractivity contribution in [1.29, 1.82) is 5.41 Å². The molecule has 0 saturated carbocycles. The van der Waals surface area contributed by atoms with Gasteiger partial charge in [0.15, 0.2) is 0 Å². The van der Waals surface area contributed by atoms with E-state index in [1.807, 2.05) is 73.3 Å². The number of aromatic nitrogens is 2. The fourth-order valence-corrected chi connectivity index (χ4v) is 4.13. The second-order valence-electron chi connectivity index (χ2n) is 9.17. The van der Waals surface area contributed by atoms with Crippen LogP contribution in [0.4, 0.5) is 11.7 Å². The maximum absolute atomic E-state index is 13.1. The number of morpholine rings is 1. The zero-order chi connectivity index (χ0) is 26.5. The first kappa shape index (κ1) is 25.2. The lowest BCUT2D eigenvalue weighted by molar-refractivity contribution is -0.116. The van der Waals surface area contributed by atoms with Gasteiger partial charge in [0.2, 0.25) is 6.17 Å². The fourth-order valence-electron chi connectivity index (χ4n) is 4.13. The maximum Gasteiger partial charge on any atom is 0.317 e. The molecule has 1 amide bonds. The number of carbonyl (C=O) groups is 1. The molecule has 1 unspecified atom stereocenters. The number of ether oxygens (including phenoxy) is 1. The average Bonchev–Trinajstić information content (AvgIpc) is 3.34. The third-order valence-corrected chi connectivity index (χ3v) is 6.05. The fraction of sp³-hybridized carbons (Fsp3) is 0.296. The molecule has 196 valence electrons. The summed E-state index contributed by atoms with van der Waals surface area (Å²) in [5.74, 6) is 0.0480. The van der Waals surface area contributed by atoms with Crippen molar-refractivity contribution in [2.45, 2.75) is 26.1 Å². The van der Waals surface area contributed by atoms with Crippen molar-refractivity contribution in [2.75, 3.05) is 36.9 Å². The minimum absolute atomic E-state index is 0.0208. The molecule has 38 heavy (non-hydrogen) atoms. The van der Waals surface area contributed by atoms with Crippen LogP contribution in [0.15, 0.2) is 70.2 Å². The van der Waals surface area contributed by atoms with Gasteiger partial charge in [-0.05, 0) is 19.9 Å². The highest BCUT2D eigenvalue weighted by atomic mass is 16.5. The van der Waals surface area contributed by atoms with Gasteiger partial charge in [-0.25, -0.2) is 4.99 Å². The molecule has 5 rings (SSSR count). The van der Waals surface area contributed by atoms with E-state index in [1.54, 1.807) is 6.20 Å². The number of benzene rings is 2. The monoisotopic (exact) mass is 514 g/mol. The van der Waals surface area contributed by atoms with Gasteiger partial charge in [-0.1, -0.05) is 53.6 Å². The van der Waals surface area contributed by atoms with E-state index in [0.717, 1.165) is 11.1 Å². The van der Waals surface area contributed by atoms with Gasteiger partial charge in [0.05, 0.1) is 30.2 Å². The number of nitrogens with zero attached hydrogens (tertiary/aromatic N) is 4. The number of anilines is 2. The van der Waals surface area contributed by atoms with Crippen molar-refractivity contribution in [2.24, 2.45) is 4.99 Å². The van der Waals surface area contributed by atoms with E-state index in [2.05, 4.69) is 26.1 Å². The van der Waals surface area contributed by atoms with Gasteiger partial charge in [0.25, 0.3) is 11.8 Å². The predicted octanol–water partition coefficient (Wildman–Crippen LogP) is 2.95. The minimum Gasteiger partial charge on any atom is -0.403 e. The maximum atomic E-state index is 13.1. The molecule has 11 heteroatoms. The third-order valence-electron chi connectivity index (χ3n) is 6.05. The van der Waals surface area contributed by atoms with Gasteiger partial charge in [-0.15, -0.1) is 5.10 Å². The summed E-state index contributed by atoms with van der Waals surface area (Å²) in [7, 11) is 0. The SMILES string of the molecule is CC(C)N/C=C(\C(=N)N1CCOCC1)c1nnc(NC2N=C(c3ccccc3)c3ccccc3NC2=O)o1. The number of amides is 1. The molecule has 0 spiro atoms. The van der Waals surface area contributed by atoms with Crippen LogP contribution in [0.1, 0.15) is 30.9 Å². The highest BCUT2D eigenvalue weighted by Gasteiger charge is 2.28. The number of carbonyl (C=O) groups excluding carboxylic acids is 1. The Morgan fingerprint density at radius 2 is 1.84 bits per heavy atom. The van der Waals surface area contributed by atoms with Crippen LogP contribution in [-0.2, 0) is 9.53 Å². The normalized spacial score (nSPS) is 17.8. The molecule has 0 bridgehead atoms. The van der Waals surface area contributed by atoms with E-state index in [0.29, 0.717) is 43.3 Å². The van der Waals surface area contributed by atoms with Crippen molar-refractivity contribution < 1.29 is 13.9 Å². The Hall–Kier alpha value is -4.51. The molecule has 4 N–H and O–H groups in total. The molecule has 2 aliphatic heterocycles. The number of aliphatic imine (C=N–C) groups is 1. The number of hydrogen-bond donors (Lipinski definition) is 4. The molecule has 2 aliphatic rings. The summed E-state index contributed by atoms with van der Waals surface area (Å²) in [6.07, 6.45) is 0.686. The summed E-state index contributed by atoms with van der Waals surface area (Å²) in [6, 6.07) is 17.4. The zero-order valence-electron chi connectivity index (χ0n) is 21.3. The van der Waals surface area contributed by atoms with Crippen molar-refractivity contribution >= 4 is 34.7 Å². The quantitative estimate of drug-likeness (QED) is 0.279. The lowest BCUT2D eigenvalue weighted by Gasteiger charge is -2.29. The topological polar surface area (TPSA) is 141 Å². The van der Waals surface area contributed by atoms with Crippen LogP contribution in [-0.4, -0.2) is 71.1 Å². The van der Waals surface area contributed by atoms with Gasteiger partial charge in [-0.3, -0.25) is 10.2 Å². The molecular formula is C27H30N8O3. The van der Waals surface area contributed by atoms with Crippen LogP contribution in [0.3, 0.4) is 0 Å².